The number of nitrogens with one attached hydrogen (secondary N) is 3. The predicted octanol–water partition coefficient (Wildman–Crippen LogP) is -0.0803. The number of carbonyl (C=O) groups excluding carboxylic acids is 2. The van der Waals surface area contributed by atoms with Crippen LogP contribution in [-0.4, -0.2) is 43.9 Å². The molecule has 106 valence electrons. The largest absolute Gasteiger partial charge is 0.358 e. The number of amides is 1. The van der Waals surface area contributed by atoms with Crippen molar-refractivity contribution in [3.8, 4) is 0 Å². The normalized spacial score (nSPS) is 11.0. The van der Waals surface area contributed by atoms with Gasteiger partial charge in [-0.25, -0.2) is 0 Å². The first-order valence-electron chi connectivity index (χ1n) is 6.69. The molecular formula is C15H20N3O2+. The molecule has 5 nitrogen and oxygen atoms in total. The fraction of sp³-hybridized carbons (Fsp3) is 0.333. The molecule has 3 N–H and O–H groups in total. The average Bonchev–Trinajstić information content (AvgIpc) is 2.73. The Balaban J connectivity index is 2.19. The molecule has 5 heteroatoms. The maximum absolute atomic E-state index is 12.3. The van der Waals surface area contributed by atoms with Gasteiger partial charge in [0.2, 0.25) is 0 Å². The lowest BCUT2D eigenvalue weighted by Crippen LogP contribution is -3.06. The van der Waals surface area contributed by atoms with Gasteiger partial charge in [-0.05, 0) is 13.0 Å². The number of benzene rings is 1. The SMILES string of the molecule is Cc1[nH]c2ccccc2c1C(=O)C(=O)NCC[NH+](C)C. The van der Waals surface area contributed by atoms with Gasteiger partial charge in [-0.1, -0.05) is 18.2 Å². The van der Waals surface area contributed by atoms with Gasteiger partial charge in [0.05, 0.1) is 32.7 Å². The number of carbonyl (C=O) groups is 2. The zero-order chi connectivity index (χ0) is 14.7. The summed E-state index contributed by atoms with van der Waals surface area (Å²) < 4.78 is 0. The number of fused-ring (bicyclic) bond motifs is 1. The van der Waals surface area contributed by atoms with Crippen molar-refractivity contribution in [3.05, 3.63) is 35.5 Å². The van der Waals surface area contributed by atoms with Gasteiger partial charge in [0.25, 0.3) is 11.7 Å². The molecule has 0 saturated carbocycles. The van der Waals surface area contributed by atoms with E-state index in [1.165, 1.54) is 4.90 Å². The Morgan fingerprint density at radius 2 is 1.95 bits per heavy atom. The Labute approximate surface area is 118 Å². The van der Waals surface area contributed by atoms with Gasteiger partial charge in [-0.2, -0.15) is 0 Å². The summed E-state index contributed by atoms with van der Waals surface area (Å²) in [6.45, 7) is 3.09. The summed E-state index contributed by atoms with van der Waals surface area (Å²) in [4.78, 5) is 28.6. The summed E-state index contributed by atoms with van der Waals surface area (Å²) in [5.41, 5.74) is 2.07. The van der Waals surface area contributed by atoms with Crippen molar-refractivity contribution in [2.45, 2.75) is 6.92 Å². The molecular weight excluding hydrogens is 254 g/mol. The number of aromatic amines is 1. The topological polar surface area (TPSA) is 66.4 Å². The smallest absolute Gasteiger partial charge is 0.292 e. The molecule has 2 rings (SSSR count). The number of aromatic nitrogens is 1. The van der Waals surface area contributed by atoms with E-state index in [0.29, 0.717) is 12.1 Å². The number of quaternary nitrogens is 1. The average molecular weight is 274 g/mol. The number of ketones is 1. The van der Waals surface area contributed by atoms with Crippen LogP contribution in [0.15, 0.2) is 24.3 Å². The maximum Gasteiger partial charge on any atom is 0.292 e. The van der Waals surface area contributed by atoms with Crippen LogP contribution in [-0.2, 0) is 4.79 Å². The number of likely N-dealkylation sites (N-methyl/N-ethyl adjacent to an activating group) is 1. The van der Waals surface area contributed by atoms with Crippen LogP contribution in [0.5, 0.6) is 0 Å². The van der Waals surface area contributed by atoms with Crippen molar-refractivity contribution in [1.29, 1.82) is 0 Å². The lowest BCUT2D eigenvalue weighted by molar-refractivity contribution is -0.856. The first kappa shape index (κ1) is 14.3. The fourth-order valence-electron chi connectivity index (χ4n) is 2.19. The van der Waals surface area contributed by atoms with E-state index < -0.39 is 11.7 Å². The molecule has 2 aromatic rings. The summed E-state index contributed by atoms with van der Waals surface area (Å²) in [5, 5.41) is 3.47. The molecule has 0 aliphatic heterocycles. The van der Waals surface area contributed by atoms with E-state index in [0.717, 1.165) is 23.1 Å². The molecule has 1 heterocycles. The number of hydrogen-bond acceptors (Lipinski definition) is 2. The molecule has 0 unspecified atom stereocenters. The molecule has 0 fully saturated rings. The van der Waals surface area contributed by atoms with Gasteiger partial charge < -0.3 is 15.2 Å². The molecule has 0 aliphatic carbocycles. The number of Topliss-reactive ketones (excluding diaryl/α,β-unsaturated/α-hetero) is 1. The molecule has 0 radical (unpaired) electrons. The zero-order valence-electron chi connectivity index (χ0n) is 12.0. The highest BCUT2D eigenvalue weighted by molar-refractivity contribution is 6.45. The molecule has 1 aromatic carbocycles. The predicted molar refractivity (Wildman–Crippen MR) is 78.1 cm³/mol. The van der Waals surface area contributed by atoms with Crippen molar-refractivity contribution >= 4 is 22.6 Å². The third-order valence-electron chi connectivity index (χ3n) is 3.24. The van der Waals surface area contributed by atoms with Crippen molar-refractivity contribution in [3.63, 3.8) is 0 Å². The van der Waals surface area contributed by atoms with Crippen LogP contribution in [0.25, 0.3) is 10.9 Å². The van der Waals surface area contributed by atoms with Gasteiger partial charge in [-0.15, -0.1) is 0 Å². The first-order chi connectivity index (χ1) is 9.50. The van der Waals surface area contributed by atoms with Crippen molar-refractivity contribution in [2.24, 2.45) is 0 Å². The van der Waals surface area contributed by atoms with Gasteiger partial charge in [0.1, 0.15) is 0 Å². The number of hydrogen-bond donors (Lipinski definition) is 3. The van der Waals surface area contributed by atoms with Crippen LogP contribution in [0.3, 0.4) is 0 Å². The second-order valence-corrected chi connectivity index (χ2v) is 5.21. The summed E-state index contributed by atoms with van der Waals surface area (Å²) in [6, 6.07) is 7.50. The zero-order valence-corrected chi connectivity index (χ0v) is 12.0. The van der Waals surface area contributed by atoms with Crippen LogP contribution in [0.1, 0.15) is 16.1 Å². The van der Waals surface area contributed by atoms with Crippen molar-refractivity contribution in [2.75, 3.05) is 27.2 Å². The minimum absolute atomic E-state index is 0.468. The Morgan fingerprint density at radius 3 is 2.65 bits per heavy atom. The summed E-state index contributed by atoms with van der Waals surface area (Å²) >= 11 is 0. The van der Waals surface area contributed by atoms with Gasteiger partial charge in [0.15, 0.2) is 0 Å². The number of H-pyrrole nitrogens is 1. The molecule has 1 aromatic heterocycles. The minimum atomic E-state index is -0.542. The second-order valence-electron chi connectivity index (χ2n) is 5.21. The summed E-state index contributed by atoms with van der Waals surface area (Å²) in [6.07, 6.45) is 0. The summed E-state index contributed by atoms with van der Waals surface area (Å²) in [7, 11) is 4.00. The van der Waals surface area contributed by atoms with E-state index >= 15 is 0 Å². The Bertz CT molecular complexity index is 644. The Morgan fingerprint density at radius 1 is 1.25 bits per heavy atom. The standard InChI is InChI=1S/C15H19N3O2/c1-10-13(11-6-4-5-7-12(11)17-10)14(19)15(20)16-8-9-18(2)3/h4-7,17H,8-9H2,1-3H3,(H,16,20)/p+1. The van der Waals surface area contributed by atoms with Crippen LogP contribution in [0.4, 0.5) is 0 Å². The lowest BCUT2D eigenvalue weighted by Gasteiger charge is -2.08. The van der Waals surface area contributed by atoms with E-state index in [9.17, 15) is 9.59 Å². The molecule has 0 aliphatic rings. The third-order valence-corrected chi connectivity index (χ3v) is 3.24. The first-order valence-corrected chi connectivity index (χ1v) is 6.69. The fourth-order valence-corrected chi connectivity index (χ4v) is 2.19. The highest BCUT2D eigenvalue weighted by atomic mass is 16.2. The Kier molecular flexibility index (Phi) is 4.20. The summed E-state index contributed by atoms with van der Waals surface area (Å²) in [5.74, 6) is -1.02. The Hall–Kier alpha value is -2.14. The monoisotopic (exact) mass is 274 g/mol. The van der Waals surface area contributed by atoms with Crippen LogP contribution >= 0.6 is 0 Å². The van der Waals surface area contributed by atoms with Crippen LogP contribution in [0, 0.1) is 6.92 Å². The van der Waals surface area contributed by atoms with Gasteiger partial charge in [-0.3, -0.25) is 9.59 Å². The van der Waals surface area contributed by atoms with Crippen LogP contribution < -0.4 is 10.2 Å². The van der Waals surface area contributed by atoms with E-state index in [-0.39, 0.29) is 0 Å². The van der Waals surface area contributed by atoms with Crippen molar-refractivity contribution < 1.29 is 14.5 Å². The van der Waals surface area contributed by atoms with E-state index in [1.54, 1.807) is 0 Å². The van der Waals surface area contributed by atoms with Crippen molar-refractivity contribution in [1.82, 2.24) is 10.3 Å². The second kappa shape index (κ2) is 5.88. The highest BCUT2D eigenvalue weighted by Gasteiger charge is 2.22. The van der Waals surface area contributed by atoms with Crippen LogP contribution in [0.2, 0.25) is 0 Å². The minimum Gasteiger partial charge on any atom is -0.358 e. The third kappa shape index (κ3) is 2.88. The number of rotatable bonds is 5. The molecule has 20 heavy (non-hydrogen) atoms. The number of aryl methyl sites for hydroxylation is 1. The lowest BCUT2D eigenvalue weighted by atomic mass is 10.1. The highest BCUT2D eigenvalue weighted by Crippen LogP contribution is 2.22. The molecule has 0 saturated heterocycles. The molecule has 0 spiro atoms. The molecule has 0 bridgehead atoms. The quantitative estimate of drug-likeness (QED) is 0.527. The van der Waals surface area contributed by atoms with Gasteiger partial charge in [0, 0.05) is 16.6 Å². The van der Waals surface area contributed by atoms with Gasteiger partial charge >= 0.3 is 0 Å². The van der Waals surface area contributed by atoms with E-state index in [1.807, 2.05) is 45.3 Å². The number of para-hydroxylation sites is 1. The molecule has 0 atom stereocenters. The molecule has 1 amide bonds. The van der Waals surface area contributed by atoms with E-state index in [2.05, 4.69) is 10.3 Å². The van der Waals surface area contributed by atoms with E-state index in [4.69, 9.17) is 0 Å². The maximum atomic E-state index is 12.3.